The van der Waals surface area contributed by atoms with Crippen LogP contribution in [0.15, 0.2) is 26.8 Å². The van der Waals surface area contributed by atoms with Gasteiger partial charge in [0.15, 0.2) is 5.82 Å². The lowest BCUT2D eigenvalue weighted by molar-refractivity contribution is -0.146. The number of thiophene rings is 1. The van der Waals surface area contributed by atoms with Crippen LogP contribution in [0.2, 0.25) is 0 Å². The molecule has 2 atom stereocenters. The zero-order valence-corrected chi connectivity index (χ0v) is 14.5. The lowest BCUT2D eigenvalue weighted by Gasteiger charge is -2.21. The van der Waals surface area contributed by atoms with Crippen molar-refractivity contribution in [3.63, 3.8) is 0 Å². The standard InChI is InChI=1S/C15H19N3O5S/c1-4-9(2)12(14(20)22-3)16-11(19)8-18-13(17-23-15(18)21)10-6-5-7-24-10/h5-7,9,12H,4,8H2,1-3H3,(H,16,19). The molecule has 2 aromatic rings. The number of esters is 1. The first kappa shape index (κ1) is 17.9. The predicted molar refractivity (Wildman–Crippen MR) is 87.5 cm³/mol. The normalized spacial score (nSPS) is 13.3. The van der Waals surface area contributed by atoms with E-state index in [4.69, 9.17) is 4.74 Å². The minimum absolute atomic E-state index is 0.0997. The summed E-state index contributed by atoms with van der Waals surface area (Å²) < 4.78 is 10.5. The molecular formula is C15H19N3O5S. The lowest BCUT2D eigenvalue weighted by atomic mass is 9.99. The highest BCUT2D eigenvalue weighted by Gasteiger charge is 2.27. The fourth-order valence-electron chi connectivity index (χ4n) is 2.15. The Morgan fingerprint density at radius 3 is 2.83 bits per heavy atom. The fourth-order valence-corrected chi connectivity index (χ4v) is 2.86. The van der Waals surface area contributed by atoms with E-state index >= 15 is 0 Å². The second-order valence-electron chi connectivity index (χ2n) is 5.29. The largest absolute Gasteiger partial charge is 0.467 e. The molecule has 9 heteroatoms. The summed E-state index contributed by atoms with van der Waals surface area (Å²) in [6.07, 6.45) is 0.688. The maximum absolute atomic E-state index is 12.3. The van der Waals surface area contributed by atoms with Crippen molar-refractivity contribution < 1.29 is 18.8 Å². The van der Waals surface area contributed by atoms with Crippen LogP contribution in [0.3, 0.4) is 0 Å². The maximum atomic E-state index is 12.3. The van der Waals surface area contributed by atoms with Crippen molar-refractivity contribution >= 4 is 23.2 Å². The smallest absolute Gasteiger partial charge is 0.442 e. The lowest BCUT2D eigenvalue weighted by Crippen LogP contribution is -2.47. The Morgan fingerprint density at radius 1 is 1.50 bits per heavy atom. The SMILES string of the molecule is CCC(C)C(NC(=O)Cn1c(-c2cccs2)noc1=O)C(=O)OC. The van der Waals surface area contributed by atoms with Gasteiger partial charge in [0.1, 0.15) is 12.6 Å². The van der Waals surface area contributed by atoms with Crippen LogP contribution in [-0.2, 0) is 20.9 Å². The predicted octanol–water partition coefficient (Wildman–Crippen LogP) is 1.27. The van der Waals surface area contributed by atoms with E-state index < -0.39 is 23.7 Å². The summed E-state index contributed by atoms with van der Waals surface area (Å²) in [7, 11) is 1.27. The summed E-state index contributed by atoms with van der Waals surface area (Å²) in [6, 6.07) is 2.81. The monoisotopic (exact) mass is 353 g/mol. The molecule has 0 aromatic carbocycles. The van der Waals surface area contributed by atoms with E-state index in [9.17, 15) is 14.4 Å². The number of amides is 1. The molecule has 0 radical (unpaired) electrons. The van der Waals surface area contributed by atoms with Gasteiger partial charge in [-0.2, -0.15) is 0 Å². The van der Waals surface area contributed by atoms with Gasteiger partial charge in [-0.3, -0.25) is 9.32 Å². The van der Waals surface area contributed by atoms with E-state index in [1.54, 1.807) is 12.1 Å². The first-order valence-electron chi connectivity index (χ1n) is 7.45. The van der Waals surface area contributed by atoms with Gasteiger partial charge in [0, 0.05) is 0 Å². The Balaban J connectivity index is 2.16. The van der Waals surface area contributed by atoms with Gasteiger partial charge in [0.05, 0.1) is 12.0 Å². The highest BCUT2D eigenvalue weighted by Crippen LogP contribution is 2.21. The number of nitrogens with one attached hydrogen (secondary N) is 1. The third kappa shape index (κ3) is 3.91. The number of hydrogen-bond donors (Lipinski definition) is 1. The Bertz CT molecular complexity index is 750. The van der Waals surface area contributed by atoms with Crippen LogP contribution in [0.1, 0.15) is 20.3 Å². The average Bonchev–Trinajstić information content (AvgIpc) is 3.22. The number of aromatic nitrogens is 2. The number of hydrogen-bond acceptors (Lipinski definition) is 7. The van der Waals surface area contributed by atoms with Gasteiger partial charge < -0.3 is 10.1 Å². The summed E-state index contributed by atoms with van der Waals surface area (Å²) in [5.41, 5.74) is 0. The van der Waals surface area contributed by atoms with Crippen molar-refractivity contribution in [3.05, 3.63) is 28.1 Å². The molecule has 2 unspecified atom stereocenters. The number of methoxy groups -OCH3 is 1. The minimum Gasteiger partial charge on any atom is -0.467 e. The maximum Gasteiger partial charge on any atom is 0.442 e. The molecule has 1 amide bonds. The molecule has 0 fully saturated rings. The molecule has 0 aliphatic rings. The second-order valence-corrected chi connectivity index (χ2v) is 6.24. The zero-order chi connectivity index (χ0) is 17.7. The molecule has 0 saturated heterocycles. The van der Waals surface area contributed by atoms with E-state index in [0.29, 0.717) is 11.3 Å². The molecule has 2 rings (SSSR count). The van der Waals surface area contributed by atoms with Gasteiger partial charge in [-0.05, 0) is 17.4 Å². The molecule has 24 heavy (non-hydrogen) atoms. The van der Waals surface area contributed by atoms with E-state index in [1.165, 1.54) is 18.4 Å². The molecule has 0 saturated carbocycles. The van der Waals surface area contributed by atoms with Gasteiger partial charge in [-0.15, -0.1) is 11.3 Å². The second kappa shape index (κ2) is 7.91. The topological polar surface area (TPSA) is 103 Å². The molecule has 0 spiro atoms. The highest BCUT2D eigenvalue weighted by molar-refractivity contribution is 7.13. The van der Waals surface area contributed by atoms with Crippen LogP contribution in [0.25, 0.3) is 10.7 Å². The number of ether oxygens (including phenoxy) is 1. The van der Waals surface area contributed by atoms with Crippen LogP contribution in [0, 0.1) is 5.92 Å². The van der Waals surface area contributed by atoms with E-state index in [0.717, 1.165) is 4.57 Å². The van der Waals surface area contributed by atoms with Crippen LogP contribution in [-0.4, -0.2) is 34.8 Å². The quantitative estimate of drug-likeness (QED) is 0.752. The summed E-state index contributed by atoms with van der Waals surface area (Å²) in [6.45, 7) is 3.45. The summed E-state index contributed by atoms with van der Waals surface area (Å²) in [5.74, 6) is -1.56. The number of carbonyl (C=O) groups is 2. The van der Waals surface area contributed by atoms with Crippen molar-refractivity contribution in [3.8, 4) is 10.7 Å². The van der Waals surface area contributed by atoms with E-state index in [1.807, 2.05) is 19.2 Å². The van der Waals surface area contributed by atoms with Crippen molar-refractivity contribution in [2.75, 3.05) is 7.11 Å². The van der Waals surface area contributed by atoms with Gasteiger partial charge in [-0.25, -0.2) is 14.2 Å². The third-order valence-corrected chi connectivity index (χ3v) is 4.58. The number of nitrogens with zero attached hydrogens (tertiary/aromatic N) is 2. The third-order valence-electron chi connectivity index (χ3n) is 3.71. The van der Waals surface area contributed by atoms with Crippen molar-refractivity contribution in [2.45, 2.75) is 32.9 Å². The zero-order valence-electron chi connectivity index (χ0n) is 13.6. The molecule has 2 aromatic heterocycles. The minimum atomic E-state index is -0.770. The fraction of sp³-hybridized carbons (Fsp3) is 0.467. The molecule has 8 nitrogen and oxygen atoms in total. The molecule has 2 heterocycles. The Labute approximate surface area is 142 Å². The Morgan fingerprint density at radius 2 is 2.25 bits per heavy atom. The summed E-state index contributed by atoms with van der Waals surface area (Å²) in [4.78, 5) is 36.6. The number of rotatable bonds is 7. The molecule has 130 valence electrons. The van der Waals surface area contributed by atoms with Gasteiger partial charge in [0.25, 0.3) is 0 Å². The van der Waals surface area contributed by atoms with Crippen molar-refractivity contribution in [1.82, 2.24) is 15.0 Å². The van der Waals surface area contributed by atoms with Gasteiger partial charge in [-0.1, -0.05) is 31.5 Å². The molecule has 0 aliphatic heterocycles. The Hall–Kier alpha value is -2.42. The summed E-state index contributed by atoms with van der Waals surface area (Å²) in [5, 5.41) is 8.15. The van der Waals surface area contributed by atoms with Crippen molar-refractivity contribution in [1.29, 1.82) is 0 Å². The van der Waals surface area contributed by atoms with E-state index in [2.05, 4.69) is 15.0 Å². The molecule has 0 aliphatic carbocycles. The number of carbonyl (C=O) groups excluding carboxylic acids is 2. The van der Waals surface area contributed by atoms with Gasteiger partial charge in [0.2, 0.25) is 5.91 Å². The Kier molecular flexibility index (Phi) is 5.91. The van der Waals surface area contributed by atoms with Crippen LogP contribution < -0.4 is 11.1 Å². The van der Waals surface area contributed by atoms with Gasteiger partial charge >= 0.3 is 11.7 Å². The first-order chi connectivity index (χ1) is 11.5. The highest BCUT2D eigenvalue weighted by atomic mass is 32.1. The first-order valence-corrected chi connectivity index (χ1v) is 8.33. The van der Waals surface area contributed by atoms with E-state index in [-0.39, 0.29) is 18.3 Å². The average molecular weight is 353 g/mol. The molecule has 0 bridgehead atoms. The molecule has 1 N–H and O–H groups in total. The van der Waals surface area contributed by atoms with Crippen LogP contribution in [0.4, 0.5) is 0 Å². The molecular weight excluding hydrogens is 334 g/mol. The van der Waals surface area contributed by atoms with Crippen molar-refractivity contribution in [2.24, 2.45) is 5.92 Å². The van der Waals surface area contributed by atoms with Crippen LogP contribution in [0.5, 0.6) is 0 Å². The summed E-state index contributed by atoms with van der Waals surface area (Å²) >= 11 is 1.37. The van der Waals surface area contributed by atoms with Crippen LogP contribution >= 0.6 is 11.3 Å².